The van der Waals surface area contributed by atoms with E-state index in [1.807, 2.05) is 18.2 Å². The number of hydrogen-bond donors (Lipinski definition) is 1. The van der Waals surface area contributed by atoms with Crippen LogP contribution in [0.1, 0.15) is 20.8 Å². The molecule has 158 valence electrons. The summed E-state index contributed by atoms with van der Waals surface area (Å²) in [5.41, 5.74) is -0.735. The van der Waals surface area contributed by atoms with Gasteiger partial charge in [-0.05, 0) is 38.8 Å². The van der Waals surface area contributed by atoms with Gasteiger partial charge < -0.3 is 14.8 Å². The Morgan fingerprint density at radius 2 is 1.79 bits per heavy atom. The number of nitrogens with one attached hydrogen (secondary N) is 1. The van der Waals surface area contributed by atoms with Gasteiger partial charge in [0.15, 0.2) is 0 Å². The molecule has 2 aromatic rings. The van der Waals surface area contributed by atoms with Gasteiger partial charge in [0.2, 0.25) is 10.0 Å². The fraction of sp³-hybridized carbons (Fsp3) is 0.368. The van der Waals surface area contributed by atoms with E-state index < -0.39 is 28.1 Å². The van der Waals surface area contributed by atoms with E-state index in [0.717, 1.165) is 9.69 Å². The van der Waals surface area contributed by atoms with E-state index in [1.165, 1.54) is 12.5 Å². The van der Waals surface area contributed by atoms with Crippen LogP contribution < -0.4 is 5.32 Å². The quantitative estimate of drug-likeness (QED) is 0.204. The SMILES string of the molecule is CC(C)(C)OC(=O)CN(CCN[C-]=O)S(=O)(=O)c1cccc2ccccc12.[Fm]. The van der Waals surface area contributed by atoms with Crippen LogP contribution in [0.15, 0.2) is 47.4 Å². The molecule has 0 aliphatic carbocycles. The van der Waals surface area contributed by atoms with Gasteiger partial charge >= 0.3 is 5.97 Å². The normalized spacial score (nSPS) is 11.7. The molecule has 0 unspecified atom stereocenters. The largest absolute Gasteiger partial charge is 0.529 e. The Hall–Kier alpha value is -3.45. The topological polar surface area (TPSA) is 92.8 Å². The Morgan fingerprint density at radius 1 is 1.14 bits per heavy atom. The third-order valence-electron chi connectivity index (χ3n) is 3.65. The van der Waals surface area contributed by atoms with E-state index in [0.29, 0.717) is 5.39 Å². The van der Waals surface area contributed by atoms with Crippen LogP contribution in [0, 0.1) is 0 Å². The molecule has 0 atom stereocenters. The Morgan fingerprint density at radius 3 is 2.43 bits per heavy atom. The molecule has 0 heterocycles. The molecular weight excluding hydrogens is 625 g/mol. The van der Waals surface area contributed by atoms with Crippen LogP contribution in [0.4, 0.5) is 0 Å². The van der Waals surface area contributed by atoms with Crippen molar-refractivity contribution in [3.8, 4) is 0 Å². The second-order valence-electron chi connectivity index (χ2n) is 6.93. The summed E-state index contributed by atoms with van der Waals surface area (Å²) in [4.78, 5) is 22.7. The summed E-state index contributed by atoms with van der Waals surface area (Å²) in [6.07, 6.45) is 1.50. The molecule has 2 aromatic carbocycles. The maximum atomic E-state index is 13.2. The summed E-state index contributed by atoms with van der Waals surface area (Å²) >= 11 is 0. The Bertz CT molecular complexity index is 920. The molecule has 0 bridgehead atoms. The van der Waals surface area contributed by atoms with Gasteiger partial charge in [-0.25, -0.2) is 8.42 Å². The zero-order valence-corrected chi connectivity index (χ0v) is 19.1. The molecule has 0 saturated heterocycles. The van der Waals surface area contributed by atoms with Gasteiger partial charge in [-0.3, -0.25) is 4.79 Å². The van der Waals surface area contributed by atoms with Crippen LogP contribution in [0.5, 0.6) is 0 Å². The average molecular weight is 648 g/mol. The molecule has 0 spiro atoms. The van der Waals surface area contributed by atoms with Crippen molar-refractivity contribution >= 4 is 33.2 Å². The number of rotatable bonds is 8. The molecule has 0 aliphatic heterocycles. The van der Waals surface area contributed by atoms with Gasteiger partial charge in [0.05, 0.1) is 4.90 Å². The summed E-state index contributed by atoms with van der Waals surface area (Å²) in [5, 5.41) is 3.63. The van der Waals surface area contributed by atoms with Crippen molar-refractivity contribution in [1.82, 2.24) is 9.62 Å². The molecule has 7 nitrogen and oxygen atoms in total. The molecule has 1 N–H and O–H groups in total. The molecule has 0 radical (unpaired) electrons. The zero-order valence-electron chi connectivity index (χ0n) is 15.8. The van der Waals surface area contributed by atoms with Crippen LogP contribution in [-0.4, -0.2) is 50.3 Å². The number of carbonyl (C=O) groups is 1. The number of amides is 1. The van der Waals surface area contributed by atoms with Crippen LogP contribution in [-0.2, 0) is 24.3 Å². The summed E-state index contributed by atoms with van der Waals surface area (Å²) in [5.74, 6) is -0.665. The molecule has 0 saturated carbocycles. The fourth-order valence-corrected chi connectivity index (χ4v) is 4.19. The maximum absolute atomic E-state index is 13.2. The number of hydrogen-bond acceptors (Lipinski definition) is 5. The average Bonchev–Trinajstić information content (AvgIpc) is 2.59. The first-order valence-electron chi connectivity index (χ1n) is 8.45. The van der Waals surface area contributed by atoms with Crippen molar-refractivity contribution in [2.24, 2.45) is 0 Å². The van der Waals surface area contributed by atoms with Crippen LogP contribution in [0.3, 0.4) is 0 Å². The van der Waals surface area contributed by atoms with Crippen molar-refractivity contribution in [3.63, 3.8) is 0 Å². The van der Waals surface area contributed by atoms with Gasteiger partial charge in [-0.15, -0.1) is 0 Å². The van der Waals surface area contributed by atoms with E-state index >= 15 is 0 Å². The zero-order chi connectivity index (χ0) is 20.1. The Balaban J connectivity index is 0.00000392. The van der Waals surface area contributed by atoms with Crippen molar-refractivity contribution in [3.05, 3.63) is 42.5 Å². The third kappa shape index (κ3) is 5.52. The molecule has 0 aromatic heterocycles. The van der Waals surface area contributed by atoms with Gasteiger partial charge in [0.25, 0.3) is 0 Å². The molecule has 0 fully saturated rings. The van der Waals surface area contributed by atoms with Crippen molar-refractivity contribution in [1.29, 1.82) is 0 Å². The summed E-state index contributed by atoms with van der Waals surface area (Å²) in [6, 6.07) is 12.1. The summed E-state index contributed by atoms with van der Waals surface area (Å²) in [7, 11) is -4.00. The maximum Gasteiger partial charge on any atom is 0.321 e. The van der Waals surface area contributed by atoms with E-state index in [9.17, 15) is 18.0 Å². The number of ether oxygens (including phenoxy) is 1. The predicted molar refractivity (Wildman–Crippen MR) is 102 cm³/mol. The van der Waals surface area contributed by atoms with E-state index in [1.54, 1.807) is 39.0 Å². The molecule has 28 heavy (non-hydrogen) atoms. The Labute approximate surface area is 159 Å². The molecule has 9 heteroatoms. The van der Waals surface area contributed by atoms with Gasteiger partial charge in [-0.1, -0.05) is 36.4 Å². The van der Waals surface area contributed by atoms with Crippen molar-refractivity contribution in [2.75, 3.05) is 19.6 Å². The number of fused-ring (bicyclic) bond motifs is 1. The van der Waals surface area contributed by atoms with Crippen LogP contribution in [0.25, 0.3) is 10.8 Å². The molecular formula is C19H23FmN2O5S-. The molecule has 2 rings (SSSR count). The standard InChI is InChI=1S/C19H23N2O5S.Fm/c1-19(2,3)26-18(23)13-21(12-11-20-14-22)27(24,25)17-10-6-8-15-7-4-5-9-16(15)17;/h4-10H,11-13H2,1-3H3,(H,20,22);/q-1;. The molecule has 1 amide bonds. The second-order valence-corrected chi connectivity index (χ2v) is 8.84. The number of sulfonamides is 1. The first-order valence-corrected chi connectivity index (χ1v) is 9.89. The van der Waals surface area contributed by atoms with Gasteiger partial charge in [0.1, 0.15) is 12.1 Å². The first kappa shape index (κ1) is 22.6. The number of carbonyl (C=O) groups excluding carboxylic acids is 2. The third-order valence-corrected chi connectivity index (χ3v) is 5.55. The monoisotopic (exact) mass is 648 g/mol. The van der Waals surface area contributed by atoms with Crippen molar-refractivity contribution in [2.45, 2.75) is 31.3 Å². The smallest absolute Gasteiger partial charge is 0.321 e. The first-order chi connectivity index (χ1) is 12.6. The minimum absolute atomic E-state index is 0. The van der Waals surface area contributed by atoms with Crippen molar-refractivity contribution < 1.29 is 22.7 Å². The van der Waals surface area contributed by atoms with Gasteiger partial charge in [-0.2, -0.15) is 10.7 Å². The second kappa shape index (κ2) is 8.96. The fourth-order valence-electron chi connectivity index (χ4n) is 2.59. The van der Waals surface area contributed by atoms with E-state index in [4.69, 9.17) is 4.74 Å². The predicted octanol–water partition coefficient (Wildman–Crippen LogP) is 1.83. The Kier molecular flexibility index (Phi) is 7.23. The minimum atomic E-state index is -4.00. The van der Waals surface area contributed by atoms with Gasteiger partial charge in [0, 0.05) is 11.9 Å². The van der Waals surface area contributed by atoms with Crippen LogP contribution >= 0.6 is 0 Å². The summed E-state index contributed by atoms with van der Waals surface area (Å²) in [6.45, 7) is 4.60. The molecule has 0 aliphatic rings. The number of nitrogens with zero attached hydrogens (tertiary/aromatic N) is 1. The minimum Gasteiger partial charge on any atom is -0.529 e. The van der Waals surface area contributed by atoms with E-state index in [2.05, 4.69) is 5.32 Å². The number of benzene rings is 2. The number of esters is 1. The summed E-state index contributed by atoms with van der Waals surface area (Å²) < 4.78 is 32.7. The van der Waals surface area contributed by atoms with Crippen LogP contribution in [0.2, 0.25) is 0 Å². The van der Waals surface area contributed by atoms with E-state index in [-0.39, 0.29) is 18.0 Å².